The molecule has 3 rings (SSSR count). The molecule has 3 N–H and O–H groups in total. The van der Waals surface area contributed by atoms with Gasteiger partial charge < -0.3 is 15.4 Å². The molecule has 2 aromatic carbocycles. The van der Waals surface area contributed by atoms with Crippen molar-refractivity contribution < 1.29 is 13.2 Å². The van der Waals surface area contributed by atoms with Gasteiger partial charge in [0.15, 0.2) is 5.96 Å². The second-order valence-electron chi connectivity index (χ2n) is 7.13. The Morgan fingerprint density at radius 2 is 1.79 bits per heavy atom. The summed E-state index contributed by atoms with van der Waals surface area (Å²) >= 11 is 0. The van der Waals surface area contributed by atoms with Crippen LogP contribution in [0.25, 0.3) is 0 Å². The molecular formula is C21H28N4O3S. The van der Waals surface area contributed by atoms with Crippen molar-refractivity contribution in [3.05, 3.63) is 59.2 Å². The van der Waals surface area contributed by atoms with Crippen molar-refractivity contribution in [3.8, 4) is 5.75 Å². The first kappa shape index (κ1) is 21.1. The lowest BCUT2D eigenvalue weighted by atomic mass is 10.1. The predicted octanol–water partition coefficient (Wildman–Crippen LogP) is 2.31. The van der Waals surface area contributed by atoms with Gasteiger partial charge in [-0.2, -0.15) is 0 Å². The van der Waals surface area contributed by atoms with E-state index in [0.717, 1.165) is 35.3 Å². The van der Waals surface area contributed by atoms with Crippen LogP contribution in [0.5, 0.6) is 5.75 Å². The Morgan fingerprint density at radius 1 is 1.10 bits per heavy atom. The largest absolute Gasteiger partial charge is 0.496 e. The van der Waals surface area contributed by atoms with Crippen LogP contribution < -0.4 is 20.1 Å². The molecule has 29 heavy (non-hydrogen) atoms. The van der Waals surface area contributed by atoms with E-state index in [1.807, 2.05) is 37.3 Å². The second kappa shape index (κ2) is 9.28. The van der Waals surface area contributed by atoms with Crippen molar-refractivity contribution >= 4 is 16.0 Å². The molecule has 8 heteroatoms. The SMILES string of the molecule is CN=C(NCc1ccc(S(=O)(=O)NC2CC2)cc1)NCc1ccc(C)cc1OC. The number of nitrogens with one attached hydrogen (secondary N) is 3. The van der Waals surface area contributed by atoms with Crippen LogP contribution in [-0.2, 0) is 23.1 Å². The summed E-state index contributed by atoms with van der Waals surface area (Å²) in [6, 6.07) is 13.1. The number of nitrogens with zero attached hydrogens (tertiary/aromatic N) is 1. The molecule has 1 aliphatic carbocycles. The van der Waals surface area contributed by atoms with Gasteiger partial charge >= 0.3 is 0 Å². The Hall–Kier alpha value is -2.58. The Labute approximate surface area is 172 Å². The first-order chi connectivity index (χ1) is 13.9. The third kappa shape index (κ3) is 5.95. The zero-order valence-corrected chi connectivity index (χ0v) is 17.8. The van der Waals surface area contributed by atoms with Gasteiger partial charge in [-0.25, -0.2) is 13.1 Å². The van der Waals surface area contributed by atoms with E-state index < -0.39 is 10.0 Å². The van der Waals surface area contributed by atoms with E-state index in [2.05, 4.69) is 20.3 Å². The molecule has 1 aliphatic rings. The lowest BCUT2D eigenvalue weighted by Gasteiger charge is -2.14. The summed E-state index contributed by atoms with van der Waals surface area (Å²) in [6.45, 7) is 3.13. The van der Waals surface area contributed by atoms with E-state index in [-0.39, 0.29) is 6.04 Å². The van der Waals surface area contributed by atoms with Crippen molar-refractivity contribution in [1.82, 2.24) is 15.4 Å². The highest BCUT2D eigenvalue weighted by atomic mass is 32.2. The Balaban J connectivity index is 1.54. The summed E-state index contributed by atoms with van der Waals surface area (Å²) in [5.41, 5.74) is 3.15. The van der Waals surface area contributed by atoms with E-state index in [1.165, 1.54) is 0 Å². The minimum Gasteiger partial charge on any atom is -0.496 e. The summed E-state index contributed by atoms with van der Waals surface area (Å²) in [6.07, 6.45) is 1.84. The number of aliphatic imine (C=N–C) groups is 1. The molecule has 0 bridgehead atoms. The molecular weight excluding hydrogens is 388 g/mol. The maximum atomic E-state index is 12.2. The zero-order valence-electron chi connectivity index (χ0n) is 17.0. The van der Waals surface area contributed by atoms with Gasteiger partial charge in [-0.3, -0.25) is 4.99 Å². The molecule has 156 valence electrons. The van der Waals surface area contributed by atoms with E-state index in [1.54, 1.807) is 26.3 Å². The van der Waals surface area contributed by atoms with Crippen LogP contribution in [0.1, 0.15) is 29.5 Å². The average Bonchev–Trinajstić information content (AvgIpc) is 3.52. The number of hydrogen-bond acceptors (Lipinski definition) is 4. The summed E-state index contributed by atoms with van der Waals surface area (Å²) in [7, 11) is -0.0457. The fourth-order valence-corrected chi connectivity index (χ4v) is 4.16. The van der Waals surface area contributed by atoms with Crippen molar-refractivity contribution in [1.29, 1.82) is 0 Å². The zero-order chi connectivity index (χ0) is 20.9. The van der Waals surface area contributed by atoms with Crippen LogP contribution in [0.4, 0.5) is 0 Å². The highest BCUT2D eigenvalue weighted by Gasteiger charge is 2.27. The minimum atomic E-state index is -3.42. The molecule has 0 unspecified atom stereocenters. The monoisotopic (exact) mass is 416 g/mol. The fraction of sp³-hybridized carbons (Fsp3) is 0.381. The van der Waals surface area contributed by atoms with E-state index >= 15 is 0 Å². The van der Waals surface area contributed by atoms with Crippen molar-refractivity contribution in [2.75, 3.05) is 14.2 Å². The van der Waals surface area contributed by atoms with Gasteiger partial charge in [0.1, 0.15) is 5.75 Å². The predicted molar refractivity (Wildman–Crippen MR) is 115 cm³/mol. The van der Waals surface area contributed by atoms with Crippen LogP contribution in [0.3, 0.4) is 0 Å². The number of aryl methyl sites for hydroxylation is 1. The maximum Gasteiger partial charge on any atom is 0.240 e. The maximum absolute atomic E-state index is 12.2. The molecule has 0 amide bonds. The number of methoxy groups -OCH3 is 1. The van der Waals surface area contributed by atoms with Gasteiger partial charge in [0, 0.05) is 31.7 Å². The lowest BCUT2D eigenvalue weighted by Crippen LogP contribution is -2.36. The molecule has 0 saturated heterocycles. The quantitative estimate of drug-likeness (QED) is 0.454. The van der Waals surface area contributed by atoms with Crippen LogP contribution in [0.2, 0.25) is 0 Å². The third-order valence-electron chi connectivity index (χ3n) is 4.71. The highest BCUT2D eigenvalue weighted by molar-refractivity contribution is 7.89. The number of sulfonamides is 1. The summed E-state index contributed by atoms with van der Waals surface area (Å²) in [4.78, 5) is 4.53. The van der Waals surface area contributed by atoms with E-state index in [0.29, 0.717) is 23.9 Å². The average molecular weight is 417 g/mol. The van der Waals surface area contributed by atoms with Gasteiger partial charge in [-0.15, -0.1) is 0 Å². The summed E-state index contributed by atoms with van der Waals surface area (Å²) < 4.78 is 32.6. The first-order valence-corrected chi connectivity index (χ1v) is 11.1. The van der Waals surface area contributed by atoms with Gasteiger partial charge in [0.05, 0.1) is 12.0 Å². The van der Waals surface area contributed by atoms with E-state index in [4.69, 9.17) is 4.74 Å². The topological polar surface area (TPSA) is 91.8 Å². The molecule has 2 aromatic rings. The summed E-state index contributed by atoms with van der Waals surface area (Å²) in [5.74, 6) is 1.49. The molecule has 0 radical (unpaired) electrons. The van der Waals surface area contributed by atoms with E-state index in [9.17, 15) is 8.42 Å². The normalized spacial score (nSPS) is 14.5. The standard InChI is InChI=1S/C21H28N4O3S/c1-15-4-7-17(20(12-15)28-3)14-24-21(22-2)23-13-16-5-10-19(11-6-16)29(26,27)25-18-8-9-18/h4-7,10-12,18,25H,8-9,13-14H2,1-3H3,(H2,22,23,24). The third-order valence-corrected chi connectivity index (χ3v) is 6.24. The molecule has 1 fully saturated rings. The fourth-order valence-electron chi connectivity index (χ4n) is 2.86. The highest BCUT2D eigenvalue weighted by Crippen LogP contribution is 2.22. The molecule has 7 nitrogen and oxygen atoms in total. The first-order valence-electron chi connectivity index (χ1n) is 9.60. The van der Waals surface area contributed by atoms with Crippen molar-refractivity contribution in [3.63, 3.8) is 0 Å². The molecule has 0 atom stereocenters. The number of rotatable bonds is 8. The molecule has 0 heterocycles. The van der Waals surface area contributed by atoms with Gasteiger partial charge in [0.25, 0.3) is 0 Å². The number of benzene rings is 2. The Bertz CT molecular complexity index is 968. The number of hydrogen-bond donors (Lipinski definition) is 3. The van der Waals surface area contributed by atoms with Crippen LogP contribution >= 0.6 is 0 Å². The van der Waals surface area contributed by atoms with Crippen LogP contribution in [0, 0.1) is 6.92 Å². The van der Waals surface area contributed by atoms with Crippen LogP contribution in [-0.4, -0.2) is 34.6 Å². The second-order valence-corrected chi connectivity index (χ2v) is 8.85. The van der Waals surface area contributed by atoms with Crippen molar-refractivity contribution in [2.24, 2.45) is 4.99 Å². The Morgan fingerprint density at radius 3 is 2.41 bits per heavy atom. The number of guanidine groups is 1. The van der Waals surface area contributed by atoms with Gasteiger partial charge in [0.2, 0.25) is 10.0 Å². The van der Waals surface area contributed by atoms with Gasteiger partial charge in [-0.05, 0) is 49.1 Å². The Kier molecular flexibility index (Phi) is 6.76. The minimum absolute atomic E-state index is 0.0999. The lowest BCUT2D eigenvalue weighted by molar-refractivity contribution is 0.408. The number of ether oxygens (including phenoxy) is 1. The molecule has 1 saturated carbocycles. The molecule has 0 aromatic heterocycles. The van der Waals surface area contributed by atoms with Crippen LogP contribution in [0.15, 0.2) is 52.4 Å². The molecule has 0 spiro atoms. The van der Waals surface area contributed by atoms with Crippen molar-refractivity contribution in [2.45, 2.75) is 43.8 Å². The van der Waals surface area contributed by atoms with Gasteiger partial charge in [-0.1, -0.05) is 24.3 Å². The smallest absolute Gasteiger partial charge is 0.240 e. The summed E-state index contributed by atoms with van der Waals surface area (Å²) in [5, 5.41) is 6.51. The molecule has 0 aliphatic heterocycles.